The topological polar surface area (TPSA) is 0 Å². The van der Waals surface area contributed by atoms with Crippen LogP contribution in [0.25, 0.3) is 76.8 Å². The largest absolute Gasteiger partial charge is 0.0622 e. The predicted molar refractivity (Wildman–Crippen MR) is 195 cm³/mol. The van der Waals surface area contributed by atoms with Crippen molar-refractivity contribution in [2.75, 3.05) is 0 Å². The van der Waals surface area contributed by atoms with Gasteiger partial charge in [-0.15, -0.1) is 0 Å². The molecular weight excluding hydrogens is 540 g/mol. The number of benzene rings is 8. The van der Waals surface area contributed by atoms with Crippen molar-refractivity contribution in [3.05, 3.63) is 168 Å². The van der Waals surface area contributed by atoms with E-state index in [9.17, 15) is 0 Å². The zero-order valence-corrected chi connectivity index (χ0v) is 25.9. The molecule has 0 aliphatic heterocycles. The van der Waals surface area contributed by atoms with Crippen LogP contribution in [0, 0.1) is 20.8 Å². The lowest BCUT2D eigenvalue weighted by atomic mass is 9.81. The van der Waals surface area contributed by atoms with E-state index in [1.165, 1.54) is 93.5 Å². The van der Waals surface area contributed by atoms with Crippen LogP contribution in [0.4, 0.5) is 0 Å². The molecule has 0 aliphatic carbocycles. The Morgan fingerprint density at radius 1 is 0.311 bits per heavy atom. The first-order chi connectivity index (χ1) is 22.0. The van der Waals surface area contributed by atoms with E-state index < -0.39 is 0 Å². The maximum absolute atomic E-state index is 2.42. The molecule has 0 nitrogen and oxygen atoms in total. The first-order valence-corrected chi connectivity index (χ1v) is 15.8. The third-order valence-corrected chi connectivity index (χ3v) is 9.41. The molecule has 0 amide bonds. The zero-order valence-electron chi connectivity index (χ0n) is 25.9. The molecule has 0 saturated carbocycles. The molecule has 45 heavy (non-hydrogen) atoms. The second-order valence-electron chi connectivity index (χ2n) is 12.3. The van der Waals surface area contributed by atoms with Crippen LogP contribution in [-0.2, 0) is 0 Å². The quantitative estimate of drug-likeness (QED) is 0.183. The van der Waals surface area contributed by atoms with Crippen LogP contribution in [0.3, 0.4) is 0 Å². The second-order valence-corrected chi connectivity index (χ2v) is 12.3. The molecule has 0 saturated heterocycles. The van der Waals surface area contributed by atoms with Crippen LogP contribution in [0.5, 0.6) is 0 Å². The van der Waals surface area contributed by atoms with Crippen molar-refractivity contribution in [1.29, 1.82) is 0 Å². The van der Waals surface area contributed by atoms with Gasteiger partial charge in [-0.1, -0.05) is 145 Å². The third kappa shape index (κ3) is 4.71. The van der Waals surface area contributed by atoms with Crippen molar-refractivity contribution in [3.63, 3.8) is 0 Å². The van der Waals surface area contributed by atoms with Crippen molar-refractivity contribution in [1.82, 2.24) is 0 Å². The molecule has 0 spiro atoms. The Kier molecular flexibility index (Phi) is 6.58. The summed E-state index contributed by atoms with van der Waals surface area (Å²) >= 11 is 0. The van der Waals surface area contributed by atoms with Gasteiger partial charge < -0.3 is 0 Å². The molecule has 0 heterocycles. The summed E-state index contributed by atoms with van der Waals surface area (Å²) in [4.78, 5) is 0. The van der Waals surface area contributed by atoms with E-state index >= 15 is 0 Å². The molecule has 0 unspecified atom stereocenters. The third-order valence-electron chi connectivity index (χ3n) is 9.41. The number of aryl methyl sites for hydroxylation is 3. The Labute approximate surface area is 265 Å². The van der Waals surface area contributed by atoms with Gasteiger partial charge in [0.05, 0.1) is 0 Å². The SMILES string of the molecule is Cc1ccc2c(-c3ccc(-c4ccccc4)cc3)c3cc(C)c(C)cc3c(-c3cc4ccccc4cc3-c3ccccc3)c2c1. The van der Waals surface area contributed by atoms with Crippen molar-refractivity contribution < 1.29 is 0 Å². The molecule has 0 fully saturated rings. The van der Waals surface area contributed by atoms with Gasteiger partial charge in [0, 0.05) is 0 Å². The monoisotopic (exact) mass is 574 g/mol. The summed E-state index contributed by atoms with van der Waals surface area (Å²) in [7, 11) is 0. The Bertz CT molecular complexity index is 2360. The highest BCUT2D eigenvalue weighted by molar-refractivity contribution is 6.23. The van der Waals surface area contributed by atoms with Crippen LogP contribution < -0.4 is 0 Å². The molecular formula is C45H34. The Hall–Kier alpha value is -5.46. The summed E-state index contributed by atoms with van der Waals surface area (Å²) in [5.41, 5.74) is 14.0. The smallest absolute Gasteiger partial charge is 0.00197 e. The summed E-state index contributed by atoms with van der Waals surface area (Å²) in [5, 5.41) is 7.68. The van der Waals surface area contributed by atoms with Crippen LogP contribution in [0.15, 0.2) is 152 Å². The van der Waals surface area contributed by atoms with E-state index in [1.807, 2.05) is 0 Å². The number of hydrogen-bond acceptors (Lipinski definition) is 0. The fourth-order valence-electron chi connectivity index (χ4n) is 6.97. The molecule has 8 aromatic carbocycles. The fourth-order valence-corrected chi connectivity index (χ4v) is 6.97. The lowest BCUT2D eigenvalue weighted by Crippen LogP contribution is -1.95. The summed E-state index contributed by atoms with van der Waals surface area (Å²) in [6.07, 6.45) is 0. The van der Waals surface area contributed by atoms with Gasteiger partial charge in [0.25, 0.3) is 0 Å². The maximum Gasteiger partial charge on any atom is -0.00197 e. The van der Waals surface area contributed by atoms with E-state index in [0.717, 1.165) is 0 Å². The molecule has 8 rings (SSSR count). The Morgan fingerprint density at radius 2 is 0.800 bits per heavy atom. The van der Waals surface area contributed by atoms with E-state index in [1.54, 1.807) is 0 Å². The lowest BCUT2D eigenvalue weighted by Gasteiger charge is -2.22. The maximum atomic E-state index is 2.42. The molecule has 0 radical (unpaired) electrons. The minimum atomic E-state index is 1.23. The number of fused-ring (bicyclic) bond motifs is 3. The van der Waals surface area contributed by atoms with Gasteiger partial charge in [0.2, 0.25) is 0 Å². The van der Waals surface area contributed by atoms with Gasteiger partial charge in [-0.3, -0.25) is 0 Å². The minimum absolute atomic E-state index is 1.23. The predicted octanol–water partition coefficient (Wildman–Crippen LogP) is 12.7. The van der Waals surface area contributed by atoms with Gasteiger partial charge in [0.15, 0.2) is 0 Å². The lowest BCUT2D eigenvalue weighted by molar-refractivity contribution is 1.37. The summed E-state index contributed by atoms with van der Waals surface area (Å²) in [5.74, 6) is 0. The first kappa shape index (κ1) is 27.1. The van der Waals surface area contributed by atoms with Gasteiger partial charge >= 0.3 is 0 Å². The first-order valence-electron chi connectivity index (χ1n) is 15.8. The van der Waals surface area contributed by atoms with Crippen molar-refractivity contribution >= 4 is 32.3 Å². The minimum Gasteiger partial charge on any atom is -0.0622 e. The average molecular weight is 575 g/mol. The van der Waals surface area contributed by atoms with Gasteiger partial charge in [0.1, 0.15) is 0 Å². The molecule has 8 aromatic rings. The summed E-state index contributed by atoms with van der Waals surface area (Å²) in [6, 6.07) is 56.0. The zero-order chi connectivity index (χ0) is 30.5. The highest BCUT2D eigenvalue weighted by atomic mass is 14.2. The van der Waals surface area contributed by atoms with Gasteiger partial charge in [-0.2, -0.15) is 0 Å². The molecule has 0 bridgehead atoms. The number of rotatable bonds is 4. The normalized spacial score (nSPS) is 11.4. The highest BCUT2D eigenvalue weighted by Gasteiger charge is 2.21. The van der Waals surface area contributed by atoms with Crippen molar-refractivity contribution in [3.8, 4) is 44.5 Å². The van der Waals surface area contributed by atoms with Crippen LogP contribution in [0.2, 0.25) is 0 Å². The number of hydrogen-bond donors (Lipinski definition) is 0. The fraction of sp³-hybridized carbons (Fsp3) is 0.0667. The average Bonchev–Trinajstić information content (AvgIpc) is 3.08. The Balaban J connectivity index is 1.50. The van der Waals surface area contributed by atoms with E-state index in [2.05, 4.69) is 172 Å². The molecule has 0 aliphatic rings. The standard InChI is InChI=1S/C45H34/c1-29-18-23-38-40(24-29)45(43-28-37-17-11-10-16-36(37)27-39(43)34-14-8-5-9-15-34)42-26-31(3)30(2)25-41(42)44(38)35-21-19-33(20-22-35)32-12-6-4-7-13-32/h4-28H,1-3H3. The molecule has 0 atom stereocenters. The highest BCUT2D eigenvalue weighted by Crippen LogP contribution is 2.48. The van der Waals surface area contributed by atoms with Crippen molar-refractivity contribution in [2.45, 2.75) is 20.8 Å². The van der Waals surface area contributed by atoms with Crippen LogP contribution in [-0.4, -0.2) is 0 Å². The van der Waals surface area contributed by atoms with Crippen molar-refractivity contribution in [2.24, 2.45) is 0 Å². The van der Waals surface area contributed by atoms with E-state index in [4.69, 9.17) is 0 Å². The second kappa shape index (κ2) is 10.9. The molecule has 0 heteroatoms. The van der Waals surface area contributed by atoms with Gasteiger partial charge in [-0.05, 0) is 121 Å². The van der Waals surface area contributed by atoms with E-state index in [-0.39, 0.29) is 0 Å². The molecule has 0 aromatic heterocycles. The summed E-state index contributed by atoms with van der Waals surface area (Å²) in [6.45, 7) is 6.69. The Morgan fingerprint density at radius 3 is 1.44 bits per heavy atom. The molecule has 0 N–H and O–H groups in total. The van der Waals surface area contributed by atoms with Crippen LogP contribution in [0.1, 0.15) is 16.7 Å². The summed E-state index contributed by atoms with van der Waals surface area (Å²) < 4.78 is 0. The van der Waals surface area contributed by atoms with Gasteiger partial charge in [-0.25, -0.2) is 0 Å². The molecule has 214 valence electrons. The van der Waals surface area contributed by atoms with Crippen LogP contribution >= 0.6 is 0 Å². The van der Waals surface area contributed by atoms with E-state index in [0.29, 0.717) is 0 Å².